The zero-order chi connectivity index (χ0) is 10.7. The predicted octanol–water partition coefficient (Wildman–Crippen LogP) is -3.39. The van der Waals surface area contributed by atoms with Crippen LogP contribution in [0.3, 0.4) is 0 Å². The molecule has 8 nitrogen and oxygen atoms in total. The smallest absolute Gasteiger partial charge is 0.222 e. The molecule has 84 valence electrons. The first-order valence-electron chi connectivity index (χ1n) is 3.94. The number of hydrogen-bond acceptors (Lipinski definition) is 8. The predicted molar refractivity (Wildman–Crippen MR) is 40.1 cm³/mol. The highest BCUT2D eigenvalue weighted by Crippen LogP contribution is 2.21. The Morgan fingerprint density at radius 3 is 2.29 bits per heavy atom. The summed E-state index contributed by atoms with van der Waals surface area (Å²) >= 11 is 0. The standard InChI is InChI=1S/C6H13NO7/c7-14-13-6-5(11)4(10)3(9)2(1-8)12-6/h2-6,8-11H,1,7H2/t2?,3-,4?,5?,6-/m0/s1. The number of aliphatic hydroxyl groups is 4. The molecule has 1 aliphatic heterocycles. The maximum absolute atomic E-state index is 9.28. The first-order chi connectivity index (χ1) is 6.61. The Morgan fingerprint density at radius 1 is 1.14 bits per heavy atom. The summed E-state index contributed by atoms with van der Waals surface area (Å²) < 4.78 is 4.83. The van der Waals surface area contributed by atoms with Crippen LogP contribution in [0.1, 0.15) is 0 Å². The van der Waals surface area contributed by atoms with Gasteiger partial charge >= 0.3 is 0 Å². The summed E-state index contributed by atoms with van der Waals surface area (Å²) in [5, 5.41) is 36.6. The Balaban J connectivity index is 2.63. The van der Waals surface area contributed by atoms with E-state index in [4.69, 9.17) is 9.84 Å². The van der Waals surface area contributed by atoms with Crippen molar-refractivity contribution in [1.82, 2.24) is 0 Å². The van der Waals surface area contributed by atoms with E-state index in [2.05, 4.69) is 15.8 Å². The molecule has 0 amide bonds. The van der Waals surface area contributed by atoms with E-state index in [0.29, 0.717) is 0 Å². The van der Waals surface area contributed by atoms with E-state index in [0.717, 1.165) is 0 Å². The van der Waals surface area contributed by atoms with Gasteiger partial charge in [-0.2, -0.15) is 10.8 Å². The van der Waals surface area contributed by atoms with Crippen molar-refractivity contribution in [1.29, 1.82) is 0 Å². The highest BCUT2D eigenvalue weighted by atomic mass is 17.3. The minimum Gasteiger partial charge on any atom is -0.394 e. The maximum Gasteiger partial charge on any atom is 0.222 e. The number of aliphatic hydroxyl groups excluding tert-OH is 4. The van der Waals surface area contributed by atoms with Crippen molar-refractivity contribution in [2.75, 3.05) is 6.61 Å². The van der Waals surface area contributed by atoms with Crippen LogP contribution in [-0.4, -0.2) is 57.7 Å². The third kappa shape index (κ3) is 2.19. The summed E-state index contributed by atoms with van der Waals surface area (Å²) in [7, 11) is 0. The van der Waals surface area contributed by atoms with E-state index in [1.807, 2.05) is 0 Å². The van der Waals surface area contributed by atoms with Crippen molar-refractivity contribution in [3.63, 3.8) is 0 Å². The lowest BCUT2D eigenvalue weighted by Gasteiger charge is -2.38. The van der Waals surface area contributed by atoms with Crippen LogP contribution in [-0.2, 0) is 14.6 Å². The Bertz CT molecular complexity index is 176. The number of ether oxygens (including phenoxy) is 1. The van der Waals surface area contributed by atoms with Gasteiger partial charge in [-0.25, -0.2) is 0 Å². The second-order valence-corrected chi connectivity index (χ2v) is 2.89. The Kier molecular flexibility index (Phi) is 4.16. The highest BCUT2D eigenvalue weighted by molar-refractivity contribution is 4.88. The van der Waals surface area contributed by atoms with E-state index in [1.165, 1.54) is 0 Å². The molecule has 0 radical (unpaired) electrons. The zero-order valence-electron chi connectivity index (χ0n) is 7.18. The Hall–Kier alpha value is -0.320. The van der Waals surface area contributed by atoms with Gasteiger partial charge in [0.05, 0.1) is 6.61 Å². The molecule has 5 atom stereocenters. The fraction of sp³-hybridized carbons (Fsp3) is 1.00. The van der Waals surface area contributed by atoms with E-state index in [-0.39, 0.29) is 0 Å². The average molecular weight is 211 g/mol. The minimum absolute atomic E-state index is 0.532. The molecule has 0 aromatic heterocycles. The molecule has 1 fully saturated rings. The molecule has 3 unspecified atom stereocenters. The van der Waals surface area contributed by atoms with Gasteiger partial charge in [0.1, 0.15) is 24.4 Å². The van der Waals surface area contributed by atoms with Crippen LogP contribution in [0.4, 0.5) is 0 Å². The molecule has 0 spiro atoms. The molecule has 1 heterocycles. The normalized spacial score (nSPS) is 43.9. The zero-order valence-corrected chi connectivity index (χ0v) is 7.18. The van der Waals surface area contributed by atoms with E-state index < -0.39 is 37.3 Å². The van der Waals surface area contributed by atoms with E-state index in [9.17, 15) is 15.3 Å². The van der Waals surface area contributed by atoms with Crippen molar-refractivity contribution >= 4 is 0 Å². The van der Waals surface area contributed by atoms with Gasteiger partial charge in [0.2, 0.25) is 6.29 Å². The second kappa shape index (κ2) is 4.96. The van der Waals surface area contributed by atoms with Gasteiger partial charge in [-0.3, -0.25) is 0 Å². The summed E-state index contributed by atoms with van der Waals surface area (Å²) in [6.45, 7) is -0.532. The lowest BCUT2D eigenvalue weighted by Crippen LogP contribution is -2.59. The monoisotopic (exact) mass is 211 g/mol. The third-order valence-corrected chi connectivity index (χ3v) is 2.00. The molecule has 1 aliphatic rings. The van der Waals surface area contributed by atoms with Crippen molar-refractivity contribution in [3.8, 4) is 0 Å². The highest BCUT2D eigenvalue weighted by Gasteiger charge is 2.44. The van der Waals surface area contributed by atoms with Gasteiger partial charge in [0.25, 0.3) is 0 Å². The van der Waals surface area contributed by atoms with Crippen LogP contribution in [0, 0.1) is 0 Å². The first kappa shape index (κ1) is 11.8. The fourth-order valence-corrected chi connectivity index (χ4v) is 1.20. The number of nitrogens with two attached hydrogens (primary N) is 1. The lowest BCUT2D eigenvalue weighted by molar-refractivity contribution is -0.428. The van der Waals surface area contributed by atoms with E-state index in [1.54, 1.807) is 0 Å². The largest absolute Gasteiger partial charge is 0.394 e. The summed E-state index contributed by atoms with van der Waals surface area (Å²) in [4.78, 5) is 8.04. The van der Waals surface area contributed by atoms with Crippen LogP contribution in [0.15, 0.2) is 0 Å². The molecule has 1 saturated heterocycles. The van der Waals surface area contributed by atoms with Crippen LogP contribution < -0.4 is 5.90 Å². The van der Waals surface area contributed by atoms with Gasteiger partial charge in [0.15, 0.2) is 0 Å². The van der Waals surface area contributed by atoms with Crippen molar-refractivity contribution in [3.05, 3.63) is 0 Å². The van der Waals surface area contributed by atoms with Crippen LogP contribution in [0.2, 0.25) is 0 Å². The van der Waals surface area contributed by atoms with Gasteiger partial charge < -0.3 is 25.2 Å². The first-order valence-corrected chi connectivity index (χ1v) is 3.94. The number of hydrogen-bond donors (Lipinski definition) is 5. The number of rotatable bonds is 3. The fourth-order valence-electron chi connectivity index (χ4n) is 1.20. The van der Waals surface area contributed by atoms with Gasteiger partial charge in [-0.1, -0.05) is 0 Å². The lowest BCUT2D eigenvalue weighted by atomic mass is 9.99. The van der Waals surface area contributed by atoms with Crippen molar-refractivity contribution in [2.24, 2.45) is 5.90 Å². The van der Waals surface area contributed by atoms with Crippen molar-refractivity contribution in [2.45, 2.75) is 30.7 Å². The van der Waals surface area contributed by atoms with Crippen LogP contribution in [0.5, 0.6) is 0 Å². The van der Waals surface area contributed by atoms with Crippen LogP contribution >= 0.6 is 0 Å². The second-order valence-electron chi connectivity index (χ2n) is 2.89. The topological polar surface area (TPSA) is 135 Å². The molecular weight excluding hydrogens is 198 g/mol. The molecule has 1 rings (SSSR count). The minimum atomic E-state index is -1.50. The Labute approximate surface area is 79.3 Å². The van der Waals surface area contributed by atoms with Gasteiger partial charge in [-0.05, 0) is 0 Å². The average Bonchev–Trinajstić information content (AvgIpc) is 2.19. The third-order valence-electron chi connectivity index (χ3n) is 2.00. The van der Waals surface area contributed by atoms with Gasteiger partial charge in [0, 0.05) is 0 Å². The summed E-state index contributed by atoms with van der Waals surface area (Å²) in [6.07, 6.45) is -6.81. The summed E-state index contributed by atoms with van der Waals surface area (Å²) in [5.41, 5.74) is 0. The molecule has 0 aromatic carbocycles. The molecule has 6 N–H and O–H groups in total. The van der Waals surface area contributed by atoms with Crippen molar-refractivity contribution < 1.29 is 35.0 Å². The molecular formula is C6H13NO7. The molecule has 8 heteroatoms. The van der Waals surface area contributed by atoms with Crippen LogP contribution in [0.25, 0.3) is 0 Å². The summed E-state index contributed by atoms with van der Waals surface area (Å²) in [5.74, 6) is 4.57. The summed E-state index contributed by atoms with van der Waals surface area (Å²) in [6, 6.07) is 0. The maximum atomic E-state index is 9.28. The molecule has 0 aliphatic carbocycles. The Morgan fingerprint density at radius 2 is 1.79 bits per heavy atom. The van der Waals surface area contributed by atoms with E-state index >= 15 is 0 Å². The SMILES string of the molecule is NOO[C@@H]1OC(CO)[C@H](O)C(O)C1O. The quantitative estimate of drug-likeness (QED) is 0.241. The molecule has 0 bridgehead atoms. The van der Waals surface area contributed by atoms with Gasteiger partial charge in [-0.15, -0.1) is 4.99 Å². The molecule has 0 saturated carbocycles. The molecule has 0 aromatic rings. The molecule has 14 heavy (non-hydrogen) atoms.